The summed E-state index contributed by atoms with van der Waals surface area (Å²) in [5.41, 5.74) is 1.06. The summed E-state index contributed by atoms with van der Waals surface area (Å²) >= 11 is 3.39. The quantitative estimate of drug-likeness (QED) is 0.730. The third-order valence-electron chi connectivity index (χ3n) is 2.47. The largest absolute Gasteiger partial charge is 0.482 e. The van der Waals surface area contributed by atoms with Crippen LogP contribution in [0.15, 0.2) is 28.2 Å². The molecular formula is C12H11BrO2. The number of halogens is 1. The van der Waals surface area contributed by atoms with Crippen LogP contribution in [-0.2, 0) is 4.79 Å². The van der Waals surface area contributed by atoms with E-state index in [1.165, 1.54) is 0 Å². The van der Waals surface area contributed by atoms with Crippen LogP contribution in [0.5, 0.6) is 5.75 Å². The highest BCUT2D eigenvalue weighted by molar-refractivity contribution is 9.10. The highest BCUT2D eigenvalue weighted by Gasteiger charge is 2.29. The van der Waals surface area contributed by atoms with E-state index in [1.807, 2.05) is 38.1 Å². The van der Waals surface area contributed by atoms with E-state index < -0.39 is 5.60 Å². The van der Waals surface area contributed by atoms with Gasteiger partial charge < -0.3 is 4.74 Å². The second kappa shape index (κ2) is 3.49. The maximum Gasteiger partial charge on any atom is 0.150 e. The minimum Gasteiger partial charge on any atom is -0.482 e. The molecule has 2 rings (SSSR count). The molecule has 1 aromatic rings. The molecule has 0 unspecified atom stereocenters. The van der Waals surface area contributed by atoms with Crippen LogP contribution in [0, 0.1) is 0 Å². The predicted octanol–water partition coefficient (Wildman–Crippen LogP) is 3.20. The first-order valence-electron chi connectivity index (χ1n) is 4.69. The van der Waals surface area contributed by atoms with Crippen molar-refractivity contribution < 1.29 is 9.53 Å². The first-order valence-corrected chi connectivity index (χ1v) is 5.48. The summed E-state index contributed by atoms with van der Waals surface area (Å²) in [7, 11) is 0. The Kier molecular flexibility index (Phi) is 2.43. The number of benzene rings is 1. The maximum atomic E-state index is 10.9. The van der Waals surface area contributed by atoms with Gasteiger partial charge in [0, 0.05) is 15.6 Å². The Morgan fingerprint density at radius 2 is 2.13 bits per heavy atom. The number of fused-ring (bicyclic) bond motifs is 1. The number of aldehydes is 1. The minimum absolute atomic E-state index is 0.546. The molecule has 1 aliphatic rings. The second-order valence-corrected chi connectivity index (χ2v) is 4.93. The lowest BCUT2D eigenvalue weighted by Crippen LogP contribution is -2.33. The van der Waals surface area contributed by atoms with Gasteiger partial charge in [0.15, 0.2) is 0 Å². The van der Waals surface area contributed by atoms with Crippen molar-refractivity contribution in [3.05, 3.63) is 33.8 Å². The topological polar surface area (TPSA) is 26.3 Å². The summed E-state index contributed by atoms with van der Waals surface area (Å²) in [6, 6.07) is 5.77. The normalized spacial score (nSPS) is 17.4. The van der Waals surface area contributed by atoms with Crippen LogP contribution in [0.4, 0.5) is 0 Å². The predicted molar refractivity (Wildman–Crippen MR) is 62.9 cm³/mol. The Bertz CT molecular complexity index is 447. The van der Waals surface area contributed by atoms with Crippen molar-refractivity contribution in [1.29, 1.82) is 0 Å². The molecule has 0 saturated heterocycles. The number of carbonyl (C=O) groups excluding carboxylic acids is 1. The smallest absolute Gasteiger partial charge is 0.150 e. The molecule has 0 atom stereocenters. The first kappa shape index (κ1) is 10.4. The fraction of sp³-hybridized carbons (Fsp3) is 0.250. The van der Waals surface area contributed by atoms with Crippen LogP contribution in [0.1, 0.15) is 19.4 Å². The molecule has 0 amide bonds. The summed E-state index contributed by atoms with van der Waals surface area (Å²) < 4.78 is 6.75. The average molecular weight is 267 g/mol. The molecule has 0 N–H and O–H groups in total. The second-order valence-electron chi connectivity index (χ2n) is 4.01. The van der Waals surface area contributed by atoms with Crippen LogP contribution >= 0.6 is 15.9 Å². The van der Waals surface area contributed by atoms with Crippen LogP contribution in [0.25, 0.3) is 6.08 Å². The van der Waals surface area contributed by atoms with E-state index in [9.17, 15) is 4.79 Å². The Hall–Kier alpha value is -1.09. The van der Waals surface area contributed by atoms with Crippen LogP contribution in [0.3, 0.4) is 0 Å². The van der Waals surface area contributed by atoms with Crippen molar-refractivity contribution in [2.24, 2.45) is 0 Å². The molecule has 0 spiro atoms. The fourth-order valence-corrected chi connectivity index (χ4v) is 1.91. The van der Waals surface area contributed by atoms with E-state index in [0.29, 0.717) is 5.57 Å². The van der Waals surface area contributed by atoms with Gasteiger partial charge in [0.1, 0.15) is 17.6 Å². The van der Waals surface area contributed by atoms with Gasteiger partial charge in [-0.1, -0.05) is 22.0 Å². The van der Waals surface area contributed by atoms with Crippen molar-refractivity contribution in [2.75, 3.05) is 0 Å². The molecule has 0 aromatic heterocycles. The van der Waals surface area contributed by atoms with E-state index in [-0.39, 0.29) is 0 Å². The number of rotatable bonds is 1. The summed E-state index contributed by atoms with van der Waals surface area (Å²) in [6.45, 7) is 3.77. The molecule has 1 aromatic carbocycles. The zero-order chi connectivity index (χ0) is 11.1. The Labute approximate surface area is 97.1 Å². The highest BCUT2D eigenvalue weighted by Crippen LogP contribution is 2.36. The molecule has 0 aliphatic carbocycles. The van der Waals surface area contributed by atoms with Gasteiger partial charge in [0.25, 0.3) is 0 Å². The van der Waals surface area contributed by atoms with E-state index in [0.717, 1.165) is 22.1 Å². The SMILES string of the molecule is CC1(C)Oc2cc(Br)ccc2C=C1C=O. The molecule has 0 bridgehead atoms. The number of carbonyl (C=O) groups is 1. The molecule has 0 radical (unpaired) electrons. The van der Waals surface area contributed by atoms with Crippen molar-refractivity contribution in [1.82, 2.24) is 0 Å². The van der Waals surface area contributed by atoms with Crippen molar-refractivity contribution >= 4 is 28.3 Å². The lowest BCUT2D eigenvalue weighted by molar-refractivity contribution is -0.106. The monoisotopic (exact) mass is 266 g/mol. The van der Waals surface area contributed by atoms with Crippen molar-refractivity contribution in [3.63, 3.8) is 0 Å². The maximum absolute atomic E-state index is 10.9. The molecular weight excluding hydrogens is 256 g/mol. The van der Waals surface area contributed by atoms with Gasteiger partial charge >= 0.3 is 0 Å². The molecule has 78 valence electrons. The zero-order valence-corrected chi connectivity index (χ0v) is 10.2. The fourth-order valence-electron chi connectivity index (χ4n) is 1.57. The summed E-state index contributed by atoms with van der Waals surface area (Å²) in [6.07, 6.45) is 2.73. The number of hydrogen-bond acceptors (Lipinski definition) is 2. The Morgan fingerprint density at radius 3 is 2.80 bits per heavy atom. The van der Waals surface area contributed by atoms with E-state index in [1.54, 1.807) is 0 Å². The van der Waals surface area contributed by atoms with Gasteiger partial charge in [-0.25, -0.2) is 0 Å². The Morgan fingerprint density at radius 1 is 1.40 bits per heavy atom. The van der Waals surface area contributed by atoms with Gasteiger partial charge in [-0.15, -0.1) is 0 Å². The van der Waals surface area contributed by atoms with Gasteiger partial charge in [-0.3, -0.25) is 4.79 Å². The van der Waals surface area contributed by atoms with Crippen LogP contribution in [0.2, 0.25) is 0 Å². The number of hydrogen-bond donors (Lipinski definition) is 0. The molecule has 1 heterocycles. The summed E-state index contributed by atoms with van der Waals surface area (Å²) in [4.78, 5) is 10.9. The molecule has 1 aliphatic heterocycles. The third-order valence-corrected chi connectivity index (χ3v) is 2.97. The Balaban J connectivity index is 2.56. The molecule has 0 fully saturated rings. The standard InChI is InChI=1S/C12H11BrO2/c1-12(2)9(7-14)5-8-3-4-10(13)6-11(8)15-12/h3-7H,1-2H3. The minimum atomic E-state index is -0.546. The molecule has 2 nitrogen and oxygen atoms in total. The van der Waals surface area contributed by atoms with Crippen LogP contribution in [-0.4, -0.2) is 11.9 Å². The lowest BCUT2D eigenvalue weighted by Gasteiger charge is -2.31. The molecule has 3 heteroatoms. The summed E-state index contributed by atoms with van der Waals surface area (Å²) in [5.74, 6) is 0.806. The number of ether oxygens (including phenoxy) is 1. The van der Waals surface area contributed by atoms with Gasteiger partial charge in [0.05, 0.1) is 0 Å². The highest BCUT2D eigenvalue weighted by atomic mass is 79.9. The van der Waals surface area contributed by atoms with Gasteiger partial charge in [0.2, 0.25) is 0 Å². The summed E-state index contributed by atoms with van der Waals surface area (Å²) in [5, 5.41) is 0. The van der Waals surface area contributed by atoms with E-state index >= 15 is 0 Å². The van der Waals surface area contributed by atoms with E-state index in [4.69, 9.17) is 4.74 Å². The van der Waals surface area contributed by atoms with Crippen molar-refractivity contribution in [2.45, 2.75) is 19.4 Å². The first-order chi connectivity index (χ1) is 7.03. The zero-order valence-electron chi connectivity index (χ0n) is 8.58. The third kappa shape index (κ3) is 1.84. The lowest BCUT2D eigenvalue weighted by atomic mass is 9.93. The van der Waals surface area contributed by atoms with Gasteiger partial charge in [-0.2, -0.15) is 0 Å². The molecule has 15 heavy (non-hydrogen) atoms. The van der Waals surface area contributed by atoms with Crippen molar-refractivity contribution in [3.8, 4) is 5.75 Å². The van der Waals surface area contributed by atoms with Gasteiger partial charge in [-0.05, 0) is 32.1 Å². The van der Waals surface area contributed by atoms with Crippen LogP contribution < -0.4 is 4.74 Å². The average Bonchev–Trinajstić information content (AvgIpc) is 2.15. The van der Waals surface area contributed by atoms with E-state index in [2.05, 4.69) is 15.9 Å². The molecule has 0 saturated carbocycles.